The van der Waals surface area contributed by atoms with E-state index in [9.17, 15) is 18.0 Å². The maximum Gasteiger partial charge on any atom is 0.272 e. The van der Waals surface area contributed by atoms with E-state index in [0.717, 1.165) is 0 Å². The summed E-state index contributed by atoms with van der Waals surface area (Å²) in [7, 11) is 1.58. The fraction of sp³-hybridized carbons (Fsp3) is 0.0833. The van der Waals surface area contributed by atoms with Crippen molar-refractivity contribution in [1.82, 2.24) is 4.57 Å². The van der Waals surface area contributed by atoms with Gasteiger partial charge in [0, 0.05) is 25.4 Å². The number of amides is 1. The lowest BCUT2D eigenvalue weighted by Crippen LogP contribution is -2.16. The highest BCUT2D eigenvalue weighted by atomic mass is 19.2. The second-order valence-electron chi connectivity index (χ2n) is 3.97. The van der Waals surface area contributed by atoms with Crippen LogP contribution in [-0.2, 0) is 7.05 Å². The van der Waals surface area contributed by atoms with Crippen LogP contribution in [0, 0.1) is 17.5 Å². The maximum absolute atomic E-state index is 13.4. The molecule has 0 aliphatic rings. The molecule has 2 rings (SSSR count). The van der Waals surface area contributed by atoms with Gasteiger partial charge in [-0.1, -0.05) is 0 Å². The number of anilines is 2. The van der Waals surface area contributed by atoms with Gasteiger partial charge >= 0.3 is 0 Å². The average molecular weight is 269 g/mol. The molecule has 2 aromatic rings. The van der Waals surface area contributed by atoms with Crippen molar-refractivity contribution in [3.05, 3.63) is 47.5 Å². The first kappa shape index (κ1) is 13.0. The summed E-state index contributed by atoms with van der Waals surface area (Å²) in [5, 5.41) is 2.15. The zero-order chi connectivity index (χ0) is 14.2. The van der Waals surface area contributed by atoms with E-state index < -0.39 is 29.0 Å². The number of nitrogens with one attached hydrogen (secondary N) is 1. The van der Waals surface area contributed by atoms with Crippen molar-refractivity contribution in [2.75, 3.05) is 11.1 Å². The molecule has 0 unspecified atom stereocenters. The van der Waals surface area contributed by atoms with Gasteiger partial charge in [-0.05, 0) is 6.07 Å². The van der Waals surface area contributed by atoms with Crippen LogP contribution in [0.25, 0.3) is 0 Å². The van der Waals surface area contributed by atoms with E-state index in [1.807, 2.05) is 0 Å². The first-order chi connectivity index (χ1) is 8.88. The van der Waals surface area contributed by atoms with E-state index in [2.05, 4.69) is 5.32 Å². The quantitative estimate of drug-likeness (QED) is 0.822. The second-order valence-corrected chi connectivity index (χ2v) is 3.97. The van der Waals surface area contributed by atoms with Gasteiger partial charge in [-0.25, -0.2) is 13.2 Å². The summed E-state index contributed by atoms with van der Waals surface area (Å²) in [6, 6.07) is 2.33. The summed E-state index contributed by atoms with van der Waals surface area (Å²) in [6.07, 6.45) is 1.50. The number of nitrogens with two attached hydrogens (primary N) is 1. The van der Waals surface area contributed by atoms with Crippen LogP contribution in [0.1, 0.15) is 10.5 Å². The van der Waals surface area contributed by atoms with Crippen molar-refractivity contribution in [3.8, 4) is 0 Å². The van der Waals surface area contributed by atoms with E-state index in [1.54, 1.807) is 7.05 Å². The zero-order valence-corrected chi connectivity index (χ0v) is 9.88. The Hall–Kier alpha value is -2.44. The zero-order valence-electron chi connectivity index (χ0n) is 9.88. The highest BCUT2D eigenvalue weighted by Gasteiger charge is 2.15. The van der Waals surface area contributed by atoms with Crippen LogP contribution >= 0.6 is 0 Å². The van der Waals surface area contributed by atoms with E-state index in [4.69, 9.17) is 5.73 Å². The number of benzene rings is 1. The molecule has 7 heteroatoms. The molecule has 1 heterocycles. The fourth-order valence-corrected chi connectivity index (χ4v) is 1.62. The van der Waals surface area contributed by atoms with Gasteiger partial charge in [0.1, 0.15) is 11.5 Å². The van der Waals surface area contributed by atoms with Crippen molar-refractivity contribution in [2.24, 2.45) is 7.05 Å². The molecule has 19 heavy (non-hydrogen) atoms. The van der Waals surface area contributed by atoms with Crippen LogP contribution in [-0.4, -0.2) is 10.5 Å². The molecule has 0 bridgehead atoms. The average Bonchev–Trinajstić information content (AvgIpc) is 2.65. The van der Waals surface area contributed by atoms with Gasteiger partial charge < -0.3 is 15.6 Å². The first-order valence-electron chi connectivity index (χ1n) is 5.26. The van der Waals surface area contributed by atoms with Crippen LogP contribution < -0.4 is 11.1 Å². The molecule has 0 saturated heterocycles. The van der Waals surface area contributed by atoms with Crippen LogP contribution in [0.2, 0.25) is 0 Å². The molecule has 100 valence electrons. The minimum Gasteiger partial charge on any atom is -0.397 e. The Labute approximate surface area is 106 Å². The van der Waals surface area contributed by atoms with E-state index in [-0.39, 0.29) is 5.69 Å². The van der Waals surface area contributed by atoms with Crippen LogP contribution in [0.4, 0.5) is 24.5 Å². The summed E-state index contributed by atoms with van der Waals surface area (Å²) in [4.78, 5) is 11.8. The minimum atomic E-state index is -1.32. The lowest BCUT2D eigenvalue weighted by atomic mass is 10.2. The third-order valence-corrected chi connectivity index (χ3v) is 2.52. The molecule has 0 saturated carbocycles. The number of aryl methyl sites for hydroxylation is 1. The molecule has 0 aliphatic carbocycles. The van der Waals surface area contributed by atoms with Gasteiger partial charge in [0.15, 0.2) is 11.6 Å². The van der Waals surface area contributed by atoms with Gasteiger partial charge in [-0.2, -0.15) is 0 Å². The number of hydrogen-bond donors (Lipinski definition) is 2. The van der Waals surface area contributed by atoms with Crippen molar-refractivity contribution >= 4 is 17.3 Å². The topological polar surface area (TPSA) is 60.0 Å². The number of carbonyl (C=O) groups excluding carboxylic acids is 1. The van der Waals surface area contributed by atoms with Gasteiger partial charge in [0.25, 0.3) is 5.91 Å². The van der Waals surface area contributed by atoms with Crippen molar-refractivity contribution < 1.29 is 18.0 Å². The smallest absolute Gasteiger partial charge is 0.272 e. The Kier molecular flexibility index (Phi) is 3.20. The molecular weight excluding hydrogens is 259 g/mol. The number of halogens is 3. The number of rotatable bonds is 2. The summed E-state index contributed by atoms with van der Waals surface area (Å²) in [5.41, 5.74) is 5.59. The van der Waals surface area contributed by atoms with Crippen LogP contribution in [0.5, 0.6) is 0 Å². The maximum atomic E-state index is 13.4. The summed E-state index contributed by atoms with van der Waals surface area (Å²) in [6.45, 7) is 0. The SMILES string of the molecule is Cn1cc(N)cc1C(=O)Nc1cc(F)c(F)cc1F. The highest BCUT2D eigenvalue weighted by Crippen LogP contribution is 2.19. The summed E-state index contributed by atoms with van der Waals surface area (Å²) >= 11 is 0. The van der Waals surface area contributed by atoms with Crippen molar-refractivity contribution in [3.63, 3.8) is 0 Å². The Balaban J connectivity index is 2.29. The molecule has 0 aliphatic heterocycles. The van der Waals surface area contributed by atoms with Gasteiger partial charge in [0.05, 0.1) is 11.4 Å². The molecule has 0 radical (unpaired) electrons. The molecule has 3 N–H and O–H groups in total. The molecule has 0 atom stereocenters. The minimum absolute atomic E-state index is 0.168. The largest absolute Gasteiger partial charge is 0.397 e. The predicted molar refractivity (Wildman–Crippen MR) is 64.1 cm³/mol. The van der Waals surface area contributed by atoms with Crippen LogP contribution in [0.3, 0.4) is 0 Å². The normalized spacial score (nSPS) is 10.5. The molecule has 0 fully saturated rings. The predicted octanol–water partition coefficient (Wildman–Crippen LogP) is 2.28. The van der Waals surface area contributed by atoms with Gasteiger partial charge in [0.2, 0.25) is 0 Å². The van der Waals surface area contributed by atoms with Crippen molar-refractivity contribution in [2.45, 2.75) is 0 Å². The molecule has 0 spiro atoms. The van der Waals surface area contributed by atoms with E-state index >= 15 is 0 Å². The molecule has 1 amide bonds. The number of nitrogen functional groups attached to an aromatic ring is 1. The van der Waals surface area contributed by atoms with E-state index in [1.165, 1.54) is 16.8 Å². The van der Waals surface area contributed by atoms with Gasteiger partial charge in [-0.3, -0.25) is 4.79 Å². The highest BCUT2D eigenvalue weighted by molar-refractivity contribution is 6.03. The fourth-order valence-electron chi connectivity index (χ4n) is 1.62. The second kappa shape index (κ2) is 4.68. The van der Waals surface area contributed by atoms with E-state index in [0.29, 0.717) is 17.8 Å². The number of carbonyl (C=O) groups is 1. The molecule has 1 aromatic heterocycles. The van der Waals surface area contributed by atoms with Gasteiger partial charge in [-0.15, -0.1) is 0 Å². The lowest BCUT2D eigenvalue weighted by Gasteiger charge is -2.07. The third-order valence-electron chi connectivity index (χ3n) is 2.52. The molecule has 4 nitrogen and oxygen atoms in total. The first-order valence-corrected chi connectivity index (χ1v) is 5.26. The number of hydrogen-bond acceptors (Lipinski definition) is 2. The Bertz CT molecular complexity index is 652. The van der Waals surface area contributed by atoms with Crippen molar-refractivity contribution in [1.29, 1.82) is 0 Å². The monoisotopic (exact) mass is 269 g/mol. The Morgan fingerprint density at radius 2 is 1.79 bits per heavy atom. The Morgan fingerprint density at radius 1 is 1.16 bits per heavy atom. The summed E-state index contributed by atoms with van der Waals surface area (Å²) in [5.74, 6) is -4.31. The summed E-state index contributed by atoms with van der Waals surface area (Å²) < 4.78 is 40.5. The standard InChI is InChI=1S/C12H10F3N3O/c1-18-5-6(16)2-11(18)12(19)17-10-4-8(14)7(13)3-9(10)15/h2-5H,16H2,1H3,(H,17,19). The number of aromatic nitrogens is 1. The Morgan fingerprint density at radius 3 is 2.37 bits per heavy atom. The number of nitrogens with zero attached hydrogens (tertiary/aromatic N) is 1. The lowest BCUT2D eigenvalue weighted by molar-refractivity contribution is 0.101. The molecular formula is C12H10F3N3O. The molecule has 1 aromatic carbocycles. The van der Waals surface area contributed by atoms with Crippen LogP contribution in [0.15, 0.2) is 24.4 Å². The third kappa shape index (κ3) is 2.54.